The van der Waals surface area contributed by atoms with Gasteiger partial charge in [0, 0.05) is 38.9 Å². The van der Waals surface area contributed by atoms with E-state index in [2.05, 4.69) is 21.8 Å². The molecule has 1 aliphatic heterocycles. The van der Waals surface area contributed by atoms with Crippen molar-refractivity contribution in [2.75, 3.05) is 31.1 Å². The first-order chi connectivity index (χ1) is 14.6. The summed E-state index contributed by atoms with van der Waals surface area (Å²) in [6.07, 6.45) is 6.56. The second-order valence-electron chi connectivity index (χ2n) is 7.65. The van der Waals surface area contributed by atoms with Crippen LogP contribution in [0.15, 0.2) is 35.5 Å². The van der Waals surface area contributed by atoms with Crippen molar-refractivity contribution in [3.05, 3.63) is 51.5 Å². The molecule has 30 heavy (non-hydrogen) atoms. The number of hydrogen-bond donors (Lipinski definition) is 0. The van der Waals surface area contributed by atoms with E-state index in [1.807, 2.05) is 30.0 Å². The molecular formula is C22H27N5O2S. The third-order valence-corrected chi connectivity index (χ3v) is 6.84. The summed E-state index contributed by atoms with van der Waals surface area (Å²) in [6.45, 7) is 7.44. The molecule has 0 unspecified atom stereocenters. The van der Waals surface area contributed by atoms with E-state index in [9.17, 15) is 9.59 Å². The molecule has 1 aliphatic rings. The van der Waals surface area contributed by atoms with Crippen molar-refractivity contribution in [2.45, 2.75) is 39.7 Å². The molecule has 3 aromatic heterocycles. The fraction of sp³-hybridized carbons (Fsp3) is 0.455. The number of anilines is 1. The van der Waals surface area contributed by atoms with Crippen molar-refractivity contribution < 1.29 is 4.79 Å². The standard InChI is InChI=1S/C22H27N5O2S/c1-3-4-7-10-27-15-24-20-18(21(27)28)16(2)19(30-20)22(29)26-13-11-25(12-14-26)17-8-5-6-9-23-17/h5-6,8-9,15H,3-4,7,10-14H2,1-2H3. The Balaban J connectivity index is 1.52. The molecule has 1 saturated heterocycles. The maximum absolute atomic E-state index is 13.2. The van der Waals surface area contributed by atoms with Gasteiger partial charge in [0.15, 0.2) is 0 Å². The zero-order chi connectivity index (χ0) is 21.1. The smallest absolute Gasteiger partial charge is 0.264 e. The first kappa shape index (κ1) is 20.5. The van der Waals surface area contributed by atoms with Crippen molar-refractivity contribution in [1.82, 2.24) is 19.4 Å². The maximum atomic E-state index is 13.2. The van der Waals surface area contributed by atoms with Gasteiger partial charge in [0.05, 0.1) is 16.6 Å². The van der Waals surface area contributed by atoms with E-state index in [1.165, 1.54) is 11.3 Å². The Hall–Kier alpha value is -2.74. The lowest BCUT2D eigenvalue weighted by Crippen LogP contribution is -2.49. The first-order valence-corrected chi connectivity index (χ1v) is 11.4. The highest BCUT2D eigenvalue weighted by molar-refractivity contribution is 7.20. The molecule has 0 N–H and O–H groups in total. The van der Waals surface area contributed by atoms with Crippen molar-refractivity contribution in [3.8, 4) is 0 Å². The predicted octanol–water partition coefficient (Wildman–Crippen LogP) is 3.31. The summed E-state index contributed by atoms with van der Waals surface area (Å²) in [4.78, 5) is 40.4. The third-order valence-electron chi connectivity index (χ3n) is 5.65. The monoisotopic (exact) mass is 425 g/mol. The van der Waals surface area contributed by atoms with Gasteiger partial charge in [0.1, 0.15) is 10.6 Å². The first-order valence-electron chi connectivity index (χ1n) is 10.5. The van der Waals surface area contributed by atoms with E-state index in [4.69, 9.17) is 0 Å². The average Bonchev–Trinajstić information content (AvgIpc) is 3.13. The third kappa shape index (κ3) is 3.96. The molecule has 3 aromatic rings. The number of pyridine rings is 1. The molecule has 0 radical (unpaired) electrons. The lowest BCUT2D eigenvalue weighted by Gasteiger charge is -2.35. The van der Waals surface area contributed by atoms with Gasteiger partial charge in [-0.1, -0.05) is 25.8 Å². The number of thiophene rings is 1. The van der Waals surface area contributed by atoms with E-state index in [-0.39, 0.29) is 11.5 Å². The predicted molar refractivity (Wildman–Crippen MR) is 120 cm³/mol. The molecule has 1 fully saturated rings. The molecular weight excluding hydrogens is 398 g/mol. The van der Waals surface area contributed by atoms with Crippen LogP contribution in [0.5, 0.6) is 0 Å². The van der Waals surface area contributed by atoms with E-state index in [0.717, 1.165) is 43.7 Å². The lowest BCUT2D eigenvalue weighted by atomic mass is 10.2. The topological polar surface area (TPSA) is 71.3 Å². The van der Waals surface area contributed by atoms with Gasteiger partial charge in [-0.2, -0.15) is 0 Å². The number of aryl methyl sites for hydroxylation is 2. The van der Waals surface area contributed by atoms with Crippen LogP contribution in [0.4, 0.5) is 5.82 Å². The Kier molecular flexibility index (Phi) is 6.13. The largest absolute Gasteiger partial charge is 0.353 e. The Morgan fingerprint density at radius 1 is 1.13 bits per heavy atom. The summed E-state index contributed by atoms with van der Waals surface area (Å²) in [5.74, 6) is 0.934. The summed E-state index contributed by atoms with van der Waals surface area (Å²) >= 11 is 1.33. The number of carbonyl (C=O) groups excluding carboxylic acids is 1. The number of hydrogen-bond acceptors (Lipinski definition) is 6. The Labute approximate surface area is 180 Å². The van der Waals surface area contributed by atoms with Crippen LogP contribution in [0.1, 0.15) is 41.4 Å². The summed E-state index contributed by atoms with van der Waals surface area (Å²) < 4.78 is 1.68. The number of piperazine rings is 1. The van der Waals surface area contributed by atoms with Crippen molar-refractivity contribution in [3.63, 3.8) is 0 Å². The normalized spacial score (nSPS) is 14.5. The number of nitrogens with zero attached hydrogens (tertiary/aromatic N) is 5. The van der Waals surface area contributed by atoms with Crippen LogP contribution in [0.3, 0.4) is 0 Å². The van der Waals surface area contributed by atoms with Gasteiger partial charge in [0.2, 0.25) is 0 Å². The van der Waals surface area contributed by atoms with E-state index < -0.39 is 0 Å². The van der Waals surface area contributed by atoms with Gasteiger partial charge in [-0.15, -0.1) is 11.3 Å². The van der Waals surface area contributed by atoms with Crippen molar-refractivity contribution in [1.29, 1.82) is 0 Å². The molecule has 0 atom stereocenters. The van der Waals surface area contributed by atoms with Crippen LogP contribution in [0.25, 0.3) is 10.2 Å². The number of fused-ring (bicyclic) bond motifs is 1. The minimum Gasteiger partial charge on any atom is -0.353 e. The summed E-state index contributed by atoms with van der Waals surface area (Å²) in [7, 11) is 0. The van der Waals surface area contributed by atoms with E-state index in [0.29, 0.717) is 34.7 Å². The summed E-state index contributed by atoms with van der Waals surface area (Å²) in [6, 6.07) is 5.87. The lowest BCUT2D eigenvalue weighted by molar-refractivity contribution is 0.0751. The van der Waals surface area contributed by atoms with Crippen molar-refractivity contribution >= 4 is 33.3 Å². The SMILES string of the molecule is CCCCCn1cnc2sc(C(=O)N3CCN(c4ccccn4)CC3)c(C)c2c1=O. The van der Waals surface area contributed by atoms with Crippen LogP contribution in [-0.2, 0) is 6.54 Å². The Morgan fingerprint density at radius 3 is 2.63 bits per heavy atom. The molecule has 0 aromatic carbocycles. The number of aromatic nitrogens is 3. The van der Waals surface area contributed by atoms with Gasteiger partial charge >= 0.3 is 0 Å². The zero-order valence-electron chi connectivity index (χ0n) is 17.5. The second kappa shape index (κ2) is 8.95. The highest BCUT2D eigenvalue weighted by atomic mass is 32.1. The minimum atomic E-state index is -0.0381. The minimum absolute atomic E-state index is 0.00639. The van der Waals surface area contributed by atoms with Crippen molar-refractivity contribution in [2.24, 2.45) is 0 Å². The molecule has 0 saturated carbocycles. The van der Waals surface area contributed by atoms with Gasteiger partial charge in [-0.3, -0.25) is 14.2 Å². The fourth-order valence-electron chi connectivity index (χ4n) is 3.88. The molecule has 7 nitrogen and oxygen atoms in total. The van der Waals surface area contributed by atoms with Gasteiger partial charge < -0.3 is 9.80 Å². The van der Waals surface area contributed by atoms with Crippen LogP contribution < -0.4 is 10.5 Å². The summed E-state index contributed by atoms with van der Waals surface area (Å²) in [5.41, 5.74) is 0.721. The van der Waals surface area contributed by atoms with Gasteiger partial charge in [0.25, 0.3) is 11.5 Å². The molecule has 0 spiro atoms. The number of unbranched alkanes of at least 4 members (excludes halogenated alkanes) is 2. The highest BCUT2D eigenvalue weighted by Crippen LogP contribution is 2.28. The molecule has 4 heterocycles. The zero-order valence-corrected chi connectivity index (χ0v) is 18.3. The Bertz CT molecular complexity index is 1080. The second-order valence-corrected chi connectivity index (χ2v) is 8.65. The number of carbonyl (C=O) groups is 1. The molecule has 4 rings (SSSR count). The van der Waals surface area contributed by atoms with Crippen LogP contribution in [0.2, 0.25) is 0 Å². The van der Waals surface area contributed by atoms with E-state index >= 15 is 0 Å². The molecule has 1 amide bonds. The molecule has 0 aliphatic carbocycles. The fourth-order valence-corrected chi connectivity index (χ4v) is 4.98. The van der Waals surface area contributed by atoms with Gasteiger partial charge in [-0.05, 0) is 31.0 Å². The van der Waals surface area contributed by atoms with E-state index in [1.54, 1.807) is 17.1 Å². The Morgan fingerprint density at radius 2 is 1.93 bits per heavy atom. The number of rotatable bonds is 6. The van der Waals surface area contributed by atoms with Crippen LogP contribution in [-0.4, -0.2) is 51.5 Å². The molecule has 158 valence electrons. The van der Waals surface area contributed by atoms with Crippen LogP contribution >= 0.6 is 11.3 Å². The quantitative estimate of drug-likeness (QED) is 0.567. The van der Waals surface area contributed by atoms with Crippen LogP contribution in [0, 0.1) is 6.92 Å². The average molecular weight is 426 g/mol. The highest BCUT2D eigenvalue weighted by Gasteiger charge is 2.27. The molecule has 0 bridgehead atoms. The number of amides is 1. The summed E-state index contributed by atoms with van der Waals surface area (Å²) in [5, 5.41) is 0.592. The maximum Gasteiger partial charge on any atom is 0.264 e. The molecule has 8 heteroatoms. The van der Waals surface area contributed by atoms with Gasteiger partial charge in [-0.25, -0.2) is 9.97 Å².